The molecular weight excluding hydrogens is 398 g/mol. The van der Waals surface area contributed by atoms with Crippen LogP contribution in [0.3, 0.4) is 0 Å². The number of amides is 1. The van der Waals surface area contributed by atoms with Gasteiger partial charge in [0.15, 0.2) is 0 Å². The average Bonchev–Trinajstić information content (AvgIpc) is 2.93. The van der Waals surface area contributed by atoms with Crippen LogP contribution in [0.25, 0.3) is 0 Å². The standard InChI is InChI=1S/C23H29N3O3S/c1-24-15-16-25(17-21-9-5-6-10-22(21)24)23(27)20-11-13-26(14-12-20)30(28,29)18-19-7-3-2-4-8-19/h2-10,20H,11-18H2,1H3. The molecule has 0 atom stereocenters. The first-order chi connectivity index (χ1) is 14.4. The van der Waals surface area contributed by atoms with Gasteiger partial charge in [0.05, 0.1) is 5.75 Å². The van der Waals surface area contributed by atoms with E-state index in [1.807, 2.05) is 47.4 Å². The van der Waals surface area contributed by atoms with Gasteiger partial charge in [-0.2, -0.15) is 0 Å². The highest BCUT2D eigenvalue weighted by Gasteiger charge is 2.34. The van der Waals surface area contributed by atoms with E-state index in [4.69, 9.17) is 0 Å². The van der Waals surface area contributed by atoms with Crippen LogP contribution in [0.1, 0.15) is 24.0 Å². The predicted octanol–water partition coefficient (Wildman–Crippen LogP) is 2.71. The van der Waals surface area contributed by atoms with Crippen LogP contribution in [0.4, 0.5) is 5.69 Å². The number of carbonyl (C=O) groups excluding carboxylic acids is 1. The van der Waals surface area contributed by atoms with Crippen LogP contribution in [0.5, 0.6) is 0 Å². The van der Waals surface area contributed by atoms with Crippen molar-refractivity contribution in [2.75, 3.05) is 38.1 Å². The Labute approximate surface area is 179 Å². The lowest BCUT2D eigenvalue weighted by atomic mass is 9.96. The summed E-state index contributed by atoms with van der Waals surface area (Å²) in [5, 5.41) is 0. The number of sulfonamides is 1. The van der Waals surface area contributed by atoms with Crippen LogP contribution in [0.15, 0.2) is 54.6 Å². The first kappa shape index (κ1) is 20.9. The maximum atomic E-state index is 13.2. The molecule has 30 heavy (non-hydrogen) atoms. The molecule has 0 bridgehead atoms. The number of benzene rings is 2. The molecule has 7 heteroatoms. The molecule has 2 aliphatic rings. The number of fused-ring (bicyclic) bond motifs is 1. The summed E-state index contributed by atoms with van der Waals surface area (Å²) in [6, 6.07) is 17.5. The number of rotatable bonds is 4. The highest BCUT2D eigenvalue weighted by molar-refractivity contribution is 7.88. The molecule has 2 heterocycles. The topological polar surface area (TPSA) is 60.9 Å². The van der Waals surface area contributed by atoms with E-state index >= 15 is 0 Å². The number of nitrogens with zero attached hydrogens (tertiary/aromatic N) is 3. The molecule has 160 valence electrons. The van der Waals surface area contributed by atoms with Gasteiger partial charge in [-0.15, -0.1) is 0 Å². The summed E-state index contributed by atoms with van der Waals surface area (Å²) < 4.78 is 27.1. The third-order valence-corrected chi connectivity index (χ3v) is 8.02. The second kappa shape index (κ2) is 8.78. The zero-order valence-electron chi connectivity index (χ0n) is 17.4. The van der Waals surface area contributed by atoms with Gasteiger partial charge in [0, 0.05) is 51.4 Å². The summed E-state index contributed by atoms with van der Waals surface area (Å²) in [5.41, 5.74) is 3.13. The van der Waals surface area contributed by atoms with Crippen molar-refractivity contribution < 1.29 is 13.2 Å². The molecule has 2 aromatic rings. The van der Waals surface area contributed by atoms with Gasteiger partial charge in [-0.3, -0.25) is 4.79 Å². The Morgan fingerprint density at radius 1 is 0.933 bits per heavy atom. The van der Waals surface area contributed by atoms with Crippen molar-refractivity contribution in [1.82, 2.24) is 9.21 Å². The third-order valence-electron chi connectivity index (χ3n) is 6.17. The van der Waals surface area contributed by atoms with Crippen LogP contribution in [-0.4, -0.2) is 56.8 Å². The van der Waals surface area contributed by atoms with E-state index in [2.05, 4.69) is 24.1 Å². The molecule has 1 saturated heterocycles. The van der Waals surface area contributed by atoms with Crippen molar-refractivity contribution >= 4 is 21.6 Å². The molecule has 0 N–H and O–H groups in total. The Morgan fingerprint density at radius 3 is 2.33 bits per heavy atom. The lowest BCUT2D eigenvalue weighted by Crippen LogP contribution is -2.45. The monoisotopic (exact) mass is 427 g/mol. The molecule has 2 aliphatic heterocycles. The summed E-state index contributed by atoms with van der Waals surface area (Å²) in [4.78, 5) is 17.4. The summed E-state index contributed by atoms with van der Waals surface area (Å²) >= 11 is 0. The number of likely N-dealkylation sites (N-methyl/N-ethyl adjacent to an activating group) is 1. The molecule has 4 rings (SSSR count). The molecule has 0 aromatic heterocycles. The van der Waals surface area contributed by atoms with E-state index in [0.717, 1.165) is 17.7 Å². The Morgan fingerprint density at radius 2 is 1.60 bits per heavy atom. The molecule has 0 saturated carbocycles. The SMILES string of the molecule is CN1CCN(C(=O)C2CCN(S(=O)(=O)Cc3ccccc3)CC2)Cc2ccccc21. The number of hydrogen-bond donors (Lipinski definition) is 0. The summed E-state index contributed by atoms with van der Waals surface area (Å²) in [6.07, 6.45) is 1.17. The predicted molar refractivity (Wildman–Crippen MR) is 118 cm³/mol. The Kier molecular flexibility index (Phi) is 6.11. The van der Waals surface area contributed by atoms with E-state index in [1.165, 1.54) is 5.69 Å². The first-order valence-electron chi connectivity index (χ1n) is 10.5. The highest BCUT2D eigenvalue weighted by Crippen LogP contribution is 2.27. The molecule has 1 fully saturated rings. The number of carbonyl (C=O) groups is 1. The van der Waals surface area contributed by atoms with Gasteiger partial charge >= 0.3 is 0 Å². The minimum Gasteiger partial charge on any atom is -0.373 e. The third kappa shape index (κ3) is 4.52. The van der Waals surface area contributed by atoms with Crippen molar-refractivity contribution in [2.45, 2.75) is 25.1 Å². The van der Waals surface area contributed by atoms with Crippen LogP contribution in [0, 0.1) is 5.92 Å². The number of para-hydroxylation sites is 1. The summed E-state index contributed by atoms with van der Waals surface area (Å²) in [7, 11) is -1.30. The zero-order valence-corrected chi connectivity index (χ0v) is 18.2. The average molecular weight is 428 g/mol. The van der Waals surface area contributed by atoms with Crippen LogP contribution in [0.2, 0.25) is 0 Å². The van der Waals surface area contributed by atoms with Gasteiger partial charge < -0.3 is 9.80 Å². The van der Waals surface area contributed by atoms with Crippen LogP contribution < -0.4 is 4.90 Å². The zero-order chi connectivity index (χ0) is 21.1. The molecule has 0 spiro atoms. The molecule has 2 aromatic carbocycles. The van der Waals surface area contributed by atoms with Gasteiger partial charge in [0.25, 0.3) is 0 Å². The summed E-state index contributed by atoms with van der Waals surface area (Å²) in [6.45, 7) is 2.93. The number of anilines is 1. The molecule has 6 nitrogen and oxygen atoms in total. The number of piperidine rings is 1. The van der Waals surface area contributed by atoms with Gasteiger partial charge in [-0.1, -0.05) is 48.5 Å². The van der Waals surface area contributed by atoms with Gasteiger partial charge in [0.1, 0.15) is 0 Å². The van der Waals surface area contributed by atoms with Crippen molar-refractivity contribution in [1.29, 1.82) is 0 Å². The van der Waals surface area contributed by atoms with Crippen LogP contribution >= 0.6 is 0 Å². The fourth-order valence-electron chi connectivity index (χ4n) is 4.40. The second-order valence-electron chi connectivity index (χ2n) is 8.23. The fraction of sp³-hybridized carbons (Fsp3) is 0.435. The van der Waals surface area contributed by atoms with Crippen molar-refractivity contribution in [3.05, 3.63) is 65.7 Å². The minimum atomic E-state index is -3.36. The van der Waals surface area contributed by atoms with E-state index in [-0.39, 0.29) is 17.6 Å². The quantitative estimate of drug-likeness (QED) is 0.753. The summed E-state index contributed by atoms with van der Waals surface area (Å²) in [5.74, 6) is 0.0609. The lowest BCUT2D eigenvalue weighted by Gasteiger charge is -2.33. The maximum absolute atomic E-state index is 13.2. The number of hydrogen-bond acceptors (Lipinski definition) is 4. The lowest BCUT2D eigenvalue weighted by molar-refractivity contribution is -0.137. The Balaban J connectivity index is 1.38. The van der Waals surface area contributed by atoms with E-state index in [1.54, 1.807) is 4.31 Å². The molecule has 0 radical (unpaired) electrons. The van der Waals surface area contributed by atoms with E-state index in [9.17, 15) is 13.2 Å². The fourth-order valence-corrected chi connectivity index (χ4v) is 5.96. The molecular formula is C23H29N3O3S. The van der Waals surface area contributed by atoms with E-state index < -0.39 is 10.0 Å². The normalized spacial score (nSPS) is 18.7. The van der Waals surface area contributed by atoms with Crippen molar-refractivity contribution in [3.63, 3.8) is 0 Å². The second-order valence-corrected chi connectivity index (χ2v) is 10.2. The van der Waals surface area contributed by atoms with Crippen molar-refractivity contribution in [3.8, 4) is 0 Å². The van der Waals surface area contributed by atoms with Crippen LogP contribution in [-0.2, 0) is 27.1 Å². The Bertz CT molecular complexity index is 986. The minimum absolute atomic E-state index is 0.0156. The molecule has 1 amide bonds. The highest BCUT2D eigenvalue weighted by atomic mass is 32.2. The molecule has 0 aliphatic carbocycles. The van der Waals surface area contributed by atoms with Crippen molar-refractivity contribution in [2.24, 2.45) is 5.92 Å². The van der Waals surface area contributed by atoms with Gasteiger partial charge in [-0.05, 0) is 30.0 Å². The molecule has 0 unspecified atom stereocenters. The first-order valence-corrected chi connectivity index (χ1v) is 12.1. The smallest absolute Gasteiger partial charge is 0.226 e. The van der Waals surface area contributed by atoms with Gasteiger partial charge in [0.2, 0.25) is 15.9 Å². The van der Waals surface area contributed by atoms with E-state index in [0.29, 0.717) is 39.0 Å². The largest absolute Gasteiger partial charge is 0.373 e. The maximum Gasteiger partial charge on any atom is 0.226 e. The van der Waals surface area contributed by atoms with Gasteiger partial charge in [-0.25, -0.2) is 12.7 Å². The Hall–Kier alpha value is -2.38.